The molecule has 0 saturated carbocycles. The molecular weight excluding hydrogens is 206 g/mol. The van der Waals surface area contributed by atoms with Gasteiger partial charge in [-0.15, -0.1) is 0 Å². The van der Waals surface area contributed by atoms with Crippen LogP contribution < -0.4 is 5.32 Å². The average Bonchev–Trinajstić information content (AvgIpc) is 2.28. The topological polar surface area (TPSA) is 12.0 Å². The lowest BCUT2D eigenvalue weighted by Gasteiger charge is -2.20. The minimum absolute atomic E-state index is 0.539. The van der Waals surface area contributed by atoms with E-state index < -0.39 is 0 Å². The van der Waals surface area contributed by atoms with Crippen molar-refractivity contribution >= 4 is 5.69 Å². The Hall–Kier alpha value is -0.980. The number of anilines is 1. The Bertz CT molecular complexity index is 353. The molecule has 0 aliphatic carbocycles. The van der Waals surface area contributed by atoms with E-state index in [0.29, 0.717) is 17.9 Å². The van der Waals surface area contributed by atoms with Crippen LogP contribution >= 0.6 is 0 Å². The molecule has 0 fully saturated rings. The molecular formula is C16H27N. The van der Waals surface area contributed by atoms with Crippen LogP contribution in [0.3, 0.4) is 0 Å². The molecule has 0 aliphatic rings. The largest absolute Gasteiger partial charge is 0.382 e. The number of benzene rings is 1. The second-order valence-electron chi connectivity index (χ2n) is 5.61. The molecule has 1 aromatic carbocycles. The third kappa shape index (κ3) is 3.76. The maximum absolute atomic E-state index is 3.61. The molecule has 1 N–H and O–H groups in total. The van der Waals surface area contributed by atoms with Crippen molar-refractivity contribution in [2.24, 2.45) is 0 Å². The Balaban J connectivity index is 3.04. The standard InChI is InChI=1S/C16H27N/c1-7-13(6)17-16-9-8-14(11(2)3)10-15(16)12(4)5/h8-13,17H,7H2,1-6H3. The fourth-order valence-electron chi connectivity index (χ4n) is 1.92. The predicted molar refractivity (Wildman–Crippen MR) is 78.0 cm³/mol. The van der Waals surface area contributed by atoms with Gasteiger partial charge in [0.2, 0.25) is 0 Å². The highest BCUT2D eigenvalue weighted by Crippen LogP contribution is 2.28. The lowest BCUT2D eigenvalue weighted by molar-refractivity contribution is 0.756. The zero-order chi connectivity index (χ0) is 13.0. The van der Waals surface area contributed by atoms with E-state index in [1.807, 2.05) is 0 Å². The summed E-state index contributed by atoms with van der Waals surface area (Å²) in [5.41, 5.74) is 4.18. The zero-order valence-electron chi connectivity index (χ0n) is 12.2. The van der Waals surface area contributed by atoms with Gasteiger partial charge in [-0.3, -0.25) is 0 Å². The van der Waals surface area contributed by atoms with Gasteiger partial charge in [-0.1, -0.05) is 46.8 Å². The molecule has 0 aliphatic heterocycles. The van der Waals surface area contributed by atoms with E-state index in [2.05, 4.69) is 65.1 Å². The highest BCUT2D eigenvalue weighted by Gasteiger charge is 2.10. The molecule has 1 rings (SSSR count). The first-order valence-electron chi connectivity index (χ1n) is 6.86. The van der Waals surface area contributed by atoms with Crippen LogP contribution in [0.4, 0.5) is 5.69 Å². The van der Waals surface area contributed by atoms with Crippen LogP contribution in [0.5, 0.6) is 0 Å². The molecule has 0 saturated heterocycles. The summed E-state index contributed by atoms with van der Waals surface area (Å²) < 4.78 is 0. The van der Waals surface area contributed by atoms with Gasteiger partial charge < -0.3 is 5.32 Å². The van der Waals surface area contributed by atoms with E-state index in [-0.39, 0.29) is 0 Å². The summed E-state index contributed by atoms with van der Waals surface area (Å²) in [6.45, 7) is 13.5. The van der Waals surface area contributed by atoms with Crippen LogP contribution in [0.1, 0.15) is 70.9 Å². The van der Waals surface area contributed by atoms with Gasteiger partial charge in [0, 0.05) is 11.7 Å². The summed E-state index contributed by atoms with van der Waals surface area (Å²) in [6, 6.07) is 7.40. The molecule has 0 aromatic heterocycles. The van der Waals surface area contributed by atoms with Crippen molar-refractivity contribution in [2.75, 3.05) is 5.32 Å². The summed E-state index contributed by atoms with van der Waals surface area (Å²) in [7, 11) is 0. The van der Waals surface area contributed by atoms with Gasteiger partial charge in [0.25, 0.3) is 0 Å². The molecule has 1 nitrogen and oxygen atoms in total. The summed E-state index contributed by atoms with van der Waals surface area (Å²) in [6.07, 6.45) is 1.16. The highest BCUT2D eigenvalue weighted by molar-refractivity contribution is 5.55. The summed E-state index contributed by atoms with van der Waals surface area (Å²) in [5.74, 6) is 1.17. The van der Waals surface area contributed by atoms with Gasteiger partial charge in [0.15, 0.2) is 0 Å². The van der Waals surface area contributed by atoms with Gasteiger partial charge in [0.05, 0.1) is 0 Å². The van der Waals surface area contributed by atoms with Crippen LogP contribution in [-0.2, 0) is 0 Å². The molecule has 0 heterocycles. The number of hydrogen-bond donors (Lipinski definition) is 1. The smallest absolute Gasteiger partial charge is 0.0377 e. The molecule has 17 heavy (non-hydrogen) atoms. The van der Waals surface area contributed by atoms with E-state index in [4.69, 9.17) is 0 Å². The minimum Gasteiger partial charge on any atom is -0.382 e. The van der Waals surface area contributed by atoms with E-state index in [0.717, 1.165) is 6.42 Å². The van der Waals surface area contributed by atoms with Gasteiger partial charge in [-0.05, 0) is 42.4 Å². The molecule has 0 amide bonds. The van der Waals surface area contributed by atoms with E-state index in [9.17, 15) is 0 Å². The van der Waals surface area contributed by atoms with Crippen LogP contribution in [0.15, 0.2) is 18.2 Å². The fourth-order valence-corrected chi connectivity index (χ4v) is 1.92. The van der Waals surface area contributed by atoms with Gasteiger partial charge in [-0.2, -0.15) is 0 Å². The monoisotopic (exact) mass is 233 g/mol. The fraction of sp³-hybridized carbons (Fsp3) is 0.625. The Labute approximate surface area is 107 Å². The normalized spacial score (nSPS) is 13.2. The maximum Gasteiger partial charge on any atom is 0.0377 e. The Morgan fingerprint density at radius 2 is 1.65 bits per heavy atom. The van der Waals surface area contributed by atoms with Crippen molar-refractivity contribution in [2.45, 2.75) is 65.8 Å². The highest BCUT2D eigenvalue weighted by atomic mass is 14.9. The van der Waals surface area contributed by atoms with Crippen molar-refractivity contribution in [3.63, 3.8) is 0 Å². The van der Waals surface area contributed by atoms with E-state index in [1.165, 1.54) is 16.8 Å². The molecule has 1 aromatic rings. The second-order valence-corrected chi connectivity index (χ2v) is 5.61. The van der Waals surface area contributed by atoms with Gasteiger partial charge in [-0.25, -0.2) is 0 Å². The quantitative estimate of drug-likeness (QED) is 0.742. The number of hydrogen-bond acceptors (Lipinski definition) is 1. The molecule has 0 spiro atoms. The Kier molecular flexibility index (Phi) is 5.04. The average molecular weight is 233 g/mol. The van der Waals surface area contributed by atoms with Crippen LogP contribution in [0.25, 0.3) is 0 Å². The lowest BCUT2D eigenvalue weighted by Crippen LogP contribution is -2.15. The first-order chi connectivity index (χ1) is 7.95. The minimum atomic E-state index is 0.539. The van der Waals surface area contributed by atoms with E-state index in [1.54, 1.807) is 0 Å². The molecule has 1 heteroatoms. The molecule has 1 atom stereocenters. The molecule has 1 unspecified atom stereocenters. The summed E-state index contributed by atoms with van der Waals surface area (Å²) >= 11 is 0. The predicted octanol–water partition coefficient (Wildman–Crippen LogP) is 5.14. The van der Waals surface area contributed by atoms with Crippen LogP contribution in [0, 0.1) is 0 Å². The molecule has 0 bridgehead atoms. The third-order valence-electron chi connectivity index (χ3n) is 3.38. The lowest BCUT2D eigenvalue weighted by atomic mass is 9.94. The van der Waals surface area contributed by atoms with Crippen LogP contribution in [0.2, 0.25) is 0 Å². The van der Waals surface area contributed by atoms with Crippen molar-refractivity contribution in [3.05, 3.63) is 29.3 Å². The van der Waals surface area contributed by atoms with Gasteiger partial charge in [0.1, 0.15) is 0 Å². The van der Waals surface area contributed by atoms with Crippen molar-refractivity contribution in [1.82, 2.24) is 0 Å². The van der Waals surface area contributed by atoms with Crippen molar-refractivity contribution in [3.8, 4) is 0 Å². The summed E-state index contributed by atoms with van der Waals surface area (Å²) in [5, 5.41) is 3.61. The maximum atomic E-state index is 3.61. The first-order valence-corrected chi connectivity index (χ1v) is 6.86. The Morgan fingerprint density at radius 1 is 1.00 bits per heavy atom. The number of rotatable bonds is 5. The first kappa shape index (κ1) is 14.1. The van der Waals surface area contributed by atoms with E-state index >= 15 is 0 Å². The molecule has 96 valence electrons. The summed E-state index contributed by atoms with van der Waals surface area (Å²) in [4.78, 5) is 0. The number of nitrogens with one attached hydrogen (secondary N) is 1. The third-order valence-corrected chi connectivity index (χ3v) is 3.38. The van der Waals surface area contributed by atoms with Crippen molar-refractivity contribution in [1.29, 1.82) is 0 Å². The van der Waals surface area contributed by atoms with Gasteiger partial charge >= 0.3 is 0 Å². The van der Waals surface area contributed by atoms with Crippen molar-refractivity contribution < 1.29 is 0 Å². The zero-order valence-corrected chi connectivity index (χ0v) is 12.2. The second kappa shape index (κ2) is 6.09. The Morgan fingerprint density at radius 3 is 2.12 bits per heavy atom. The van der Waals surface area contributed by atoms with Crippen LogP contribution in [-0.4, -0.2) is 6.04 Å². The molecule has 0 radical (unpaired) electrons. The SMILES string of the molecule is CCC(C)Nc1ccc(C(C)C)cc1C(C)C.